The van der Waals surface area contributed by atoms with E-state index < -0.39 is 0 Å². The Bertz CT molecular complexity index is 655. The fourth-order valence-corrected chi connectivity index (χ4v) is 2.90. The number of aromatic nitrogens is 2. The fourth-order valence-electron chi connectivity index (χ4n) is 2.62. The van der Waals surface area contributed by atoms with Crippen molar-refractivity contribution in [1.82, 2.24) is 9.55 Å². The van der Waals surface area contributed by atoms with Crippen LogP contribution in [0, 0.1) is 17.5 Å². The summed E-state index contributed by atoms with van der Waals surface area (Å²) in [7, 11) is 0. The molecule has 5 heteroatoms. The maximum absolute atomic E-state index is 13.6. The summed E-state index contributed by atoms with van der Waals surface area (Å²) in [6.07, 6.45) is 3.62. The van der Waals surface area contributed by atoms with E-state index in [-0.39, 0.29) is 11.9 Å². The summed E-state index contributed by atoms with van der Waals surface area (Å²) in [5.74, 6) is -0.204. The minimum Gasteiger partial charge on any atom is -0.376 e. The quantitative estimate of drug-likeness (QED) is 0.850. The zero-order valence-corrected chi connectivity index (χ0v) is 11.7. The van der Waals surface area contributed by atoms with E-state index in [1.54, 1.807) is 6.92 Å². The van der Waals surface area contributed by atoms with Crippen molar-refractivity contribution in [3.05, 3.63) is 28.3 Å². The number of hydrogen-bond acceptors (Lipinski definition) is 2. The van der Waals surface area contributed by atoms with Gasteiger partial charge in [-0.1, -0.05) is 0 Å². The minimum absolute atomic E-state index is 0.204. The largest absolute Gasteiger partial charge is 0.376 e. The smallest absolute Gasteiger partial charge is 0.178 e. The molecule has 1 unspecified atom stereocenters. The zero-order valence-electron chi connectivity index (χ0n) is 10.9. The van der Waals surface area contributed by atoms with Crippen LogP contribution in [-0.4, -0.2) is 22.3 Å². The van der Waals surface area contributed by atoms with Gasteiger partial charge in [0, 0.05) is 6.61 Å². The highest BCUT2D eigenvalue weighted by Crippen LogP contribution is 2.21. The maximum atomic E-state index is 13.6. The molecular weight excluding hydrogens is 263 g/mol. The van der Waals surface area contributed by atoms with Crippen molar-refractivity contribution in [3.63, 3.8) is 0 Å². The first-order valence-electron chi connectivity index (χ1n) is 6.65. The van der Waals surface area contributed by atoms with Crippen molar-refractivity contribution in [1.29, 1.82) is 0 Å². The molecule has 2 aromatic rings. The van der Waals surface area contributed by atoms with Gasteiger partial charge >= 0.3 is 0 Å². The van der Waals surface area contributed by atoms with E-state index in [2.05, 4.69) is 4.98 Å². The summed E-state index contributed by atoms with van der Waals surface area (Å²) in [5.41, 5.74) is 2.35. The Kier molecular flexibility index (Phi) is 3.41. The first-order chi connectivity index (χ1) is 9.15. The van der Waals surface area contributed by atoms with Crippen LogP contribution in [0.1, 0.15) is 24.8 Å². The number of fused-ring (bicyclic) bond motifs is 1. The van der Waals surface area contributed by atoms with Crippen LogP contribution in [0.3, 0.4) is 0 Å². The number of H-pyrrole nitrogens is 1. The first kappa shape index (κ1) is 12.8. The van der Waals surface area contributed by atoms with Crippen LogP contribution < -0.4 is 0 Å². The van der Waals surface area contributed by atoms with Gasteiger partial charge in [0.25, 0.3) is 0 Å². The van der Waals surface area contributed by atoms with E-state index in [1.807, 2.05) is 10.6 Å². The van der Waals surface area contributed by atoms with E-state index in [9.17, 15) is 4.39 Å². The Morgan fingerprint density at radius 3 is 3.05 bits per heavy atom. The predicted octanol–water partition coefficient (Wildman–Crippen LogP) is 3.72. The molecule has 1 fully saturated rings. The molecule has 1 N–H and O–H groups in total. The van der Waals surface area contributed by atoms with Gasteiger partial charge in [-0.05, 0) is 56.1 Å². The Balaban J connectivity index is 2.00. The molecule has 1 saturated heterocycles. The molecule has 0 bridgehead atoms. The lowest BCUT2D eigenvalue weighted by Gasteiger charge is -2.23. The molecule has 1 atom stereocenters. The molecule has 102 valence electrons. The highest BCUT2D eigenvalue weighted by Gasteiger charge is 2.17. The summed E-state index contributed by atoms with van der Waals surface area (Å²) in [4.78, 5) is 3.07. The third kappa shape index (κ3) is 2.44. The third-order valence-electron chi connectivity index (χ3n) is 3.71. The van der Waals surface area contributed by atoms with Crippen molar-refractivity contribution < 1.29 is 9.13 Å². The van der Waals surface area contributed by atoms with E-state index in [0.29, 0.717) is 10.3 Å². The lowest BCUT2D eigenvalue weighted by Crippen LogP contribution is -2.24. The predicted molar refractivity (Wildman–Crippen MR) is 75.4 cm³/mol. The third-order valence-corrected chi connectivity index (χ3v) is 4.04. The summed E-state index contributed by atoms with van der Waals surface area (Å²) >= 11 is 5.34. The molecule has 3 rings (SSSR count). The zero-order chi connectivity index (χ0) is 13.4. The van der Waals surface area contributed by atoms with Crippen LogP contribution in [-0.2, 0) is 11.3 Å². The second-order valence-corrected chi connectivity index (χ2v) is 5.53. The van der Waals surface area contributed by atoms with Crippen LogP contribution in [0.5, 0.6) is 0 Å². The van der Waals surface area contributed by atoms with Crippen molar-refractivity contribution in [3.8, 4) is 0 Å². The lowest BCUT2D eigenvalue weighted by atomic mass is 10.1. The summed E-state index contributed by atoms with van der Waals surface area (Å²) in [6, 6.07) is 3.36. The number of aromatic amines is 1. The molecule has 1 aliphatic rings. The molecule has 1 aromatic heterocycles. The van der Waals surface area contributed by atoms with Gasteiger partial charge in [0.15, 0.2) is 4.77 Å². The molecular formula is C14H17FN2OS. The van der Waals surface area contributed by atoms with Gasteiger partial charge < -0.3 is 14.3 Å². The fraction of sp³-hybridized carbons (Fsp3) is 0.500. The second-order valence-electron chi connectivity index (χ2n) is 5.15. The first-order valence-corrected chi connectivity index (χ1v) is 7.06. The molecule has 0 saturated carbocycles. The summed E-state index contributed by atoms with van der Waals surface area (Å²) in [6.45, 7) is 3.34. The van der Waals surface area contributed by atoms with E-state index in [4.69, 9.17) is 17.0 Å². The van der Waals surface area contributed by atoms with Crippen molar-refractivity contribution in [2.45, 2.75) is 38.8 Å². The Morgan fingerprint density at radius 1 is 1.47 bits per heavy atom. The molecule has 1 aliphatic heterocycles. The highest BCUT2D eigenvalue weighted by molar-refractivity contribution is 7.71. The number of aryl methyl sites for hydroxylation is 1. The average Bonchev–Trinajstić information content (AvgIpc) is 2.68. The summed E-state index contributed by atoms with van der Waals surface area (Å²) in [5, 5.41) is 0. The average molecular weight is 280 g/mol. The highest BCUT2D eigenvalue weighted by atomic mass is 32.1. The topological polar surface area (TPSA) is 29.9 Å². The number of rotatable bonds is 2. The Labute approximate surface area is 116 Å². The van der Waals surface area contributed by atoms with Crippen LogP contribution >= 0.6 is 12.2 Å². The van der Waals surface area contributed by atoms with Gasteiger partial charge in [-0.25, -0.2) is 4.39 Å². The number of ether oxygens (including phenoxy) is 1. The Hall–Kier alpha value is -1.20. The molecule has 0 amide bonds. The van der Waals surface area contributed by atoms with Crippen LogP contribution in [0.15, 0.2) is 12.1 Å². The number of hydrogen-bond donors (Lipinski definition) is 1. The van der Waals surface area contributed by atoms with E-state index in [1.165, 1.54) is 12.5 Å². The number of nitrogens with zero attached hydrogens (tertiary/aromatic N) is 1. The SMILES string of the molecule is Cc1cc2c(cc1F)[nH]c(=S)n2CC1CCCCO1. The van der Waals surface area contributed by atoms with Gasteiger partial charge in [-0.15, -0.1) is 0 Å². The van der Waals surface area contributed by atoms with Crippen molar-refractivity contribution in [2.24, 2.45) is 0 Å². The number of imidazole rings is 1. The van der Waals surface area contributed by atoms with Crippen molar-refractivity contribution in [2.75, 3.05) is 6.61 Å². The molecule has 2 heterocycles. The van der Waals surface area contributed by atoms with E-state index >= 15 is 0 Å². The summed E-state index contributed by atoms with van der Waals surface area (Å²) < 4.78 is 22.0. The normalized spacial score (nSPS) is 20.0. The number of nitrogens with one attached hydrogen (secondary N) is 1. The molecule has 3 nitrogen and oxygen atoms in total. The van der Waals surface area contributed by atoms with E-state index in [0.717, 1.165) is 37.0 Å². The lowest BCUT2D eigenvalue weighted by molar-refractivity contribution is 0.00641. The van der Waals surface area contributed by atoms with Gasteiger partial charge in [0.1, 0.15) is 5.82 Å². The molecule has 0 spiro atoms. The minimum atomic E-state index is -0.204. The molecule has 1 aromatic carbocycles. The molecule has 0 aliphatic carbocycles. The number of halogens is 1. The van der Waals surface area contributed by atoms with Gasteiger partial charge in [0.2, 0.25) is 0 Å². The van der Waals surface area contributed by atoms with Gasteiger partial charge in [-0.3, -0.25) is 0 Å². The van der Waals surface area contributed by atoms with Crippen LogP contribution in [0.4, 0.5) is 4.39 Å². The second kappa shape index (κ2) is 5.06. The molecule has 0 radical (unpaired) electrons. The number of benzene rings is 1. The Morgan fingerprint density at radius 2 is 2.32 bits per heavy atom. The van der Waals surface area contributed by atoms with Gasteiger partial charge in [-0.2, -0.15) is 0 Å². The maximum Gasteiger partial charge on any atom is 0.178 e. The van der Waals surface area contributed by atoms with Crippen LogP contribution in [0.2, 0.25) is 0 Å². The van der Waals surface area contributed by atoms with Gasteiger partial charge in [0.05, 0.1) is 23.7 Å². The van der Waals surface area contributed by atoms with Crippen molar-refractivity contribution >= 4 is 23.3 Å². The monoisotopic (exact) mass is 280 g/mol. The van der Waals surface area contributed by atoms with Crippen LogP contribution in [0.25, 0.3) is 11.0 Å². The molecule has 19 heavy (non-hydrogen) atoms. The standard InChI is InChI=1S/C14H17FN2OS/c1-9-6-13-12(7-11(9)15)16-14(19)17(13)8-10-4-2-3-5-18-10/h6-7,10H,2-5,8H2,1H3,(H,16,19).